The van der Waals surface area contributed by atoms with Gasteiger partial charge in [0.25, 0.3) is 0 Å². The number of hydrogen-bond acceptors (Lipinski definition) is 6. The summed E-state index contributed by atoms with van der Waals surface area (Å²) in [4.78, 5) is 0. The van der Waals surface area contributed by atoms with E-state index in [1.807, 2.05) is 11.9 Å². The number of rotatable bonds is 10. The lowest BCUT2D eigenvalue weighted by molar-refractivity contribution is 0.151. The molecule has 1 saturated heterocycles. The van der Waals surface area contributed by atoms with Gasteiger partial charge in [0.2, 0.25) is 5.88 Å². The van der Waals surface area contributed by atoms with Gasteiger partial charge < -0.3 is 20.7 Å². The molecule has 160 valence electrons. The summed E-state index contributed by atoms with van der Waals surface area (Å²) in [6.07, 6.45) is 6.14. The minimum Gasteiger partial charge on any atom is -0.481 e. The Labute approximate surface area is 171 Å². The molecule has 28 heavy (non-hydrogen) atoms. The molecule has 3 atom stereocenters. The topological polar surface area (TPSA) is 60.9 Å². The molecule has 1 heterocycles. The molecule has 2 aliphatic rings. The molecule has 3 N–H and O–H groups in total. The van der Waals surface area contributed by atoms with Crippen LogP contribution < -0.4 is 16.0 Å². The first kappa shape index (κ1) is 22.8. The standard InChI is InChI=1S/C22H41N5O/c1-16-8-7-9-21(17(16)2)26-19(4)18(3)22(28-6)27(23-5)15-14-25-20-10-12-24-13-11-20/h16-17,20-21,24-26H,4-5,7-15H2,1-3,6H3/b22-18-. The highest BCUT2D eigenvalue weighted by Crippen LogP contribution is 2.30. The molecular weight excluding hydrogens is 350 g/mol. The fourth-order valence-electron chi connectivity index (χ4n) is 4.34. The van der Waals surface area contributed by atoms with Crippen LogP contribution in [0.25, 0.3) is 0 Å². The van der Waals surface area contributed by atoms with Crippen molar-refractivity contribution in [1.29, 1.82) is 0 Å². The van der Waals surface area contributed by atoms with Gasteiger partial charge in [0, 0.05) is 36.6 Å². The van der Waals surface area contributed by atoms with Gasteiger partial charge in [-0.25, -0.2) is 5.01 Å². The van der Waals surface area contributed by atoms with Gasteiger partial charge in [-0.05, 0) is 51.1 Å². The highest BCUT2D eigenvalue weighted by Gasteiger charge is 2.28. The first-order valence-electron chi connectivity index (χ1n) is 10.9. The summed E-state index contributed by atoms with van der Waals surface area (Å²) in [5, 5.41) is 16.7. The van der Waals surface area contributed by atoms with E-state index in [1.165, 1.54) is 32.1 Å². The number of hydrazone groups is 1. The van der Waals surface area contributed by atoms with Crippen LogP contribution in [0.1, 0.15) is 52.9 Å². The van der Waals surface area contributed by atoms with Crippen LogP contribution in [0.2, 0.25) is 0 Å². The van der Waals surface area contributed by atoms with Crippen LogP contribution in [0.3, 0.4) is 0 Å². The summed E-state index contributed by atoms with van der Waals surface area (Å²) >= 11 is 0. The molecule has 0 amide bonds. The van der Waals surface area contributed by atoms with Gasteiger partial charge in [-0.2, -0.15) is 5.10 Å². The lowest BCUT2D eigenvalue weighted by atomic mass is 9.78. The van der Waals surface area contributed by atoms with E-state index in [4.69, 9.17) is 4.74 Å². The molecule has 6 nitrogen and oxygen atoms in total. The molecule has 0 aromatic rings. The molecule has 0 bridgehead atoms. The second-order valence-corrected chi connectivity index (χ2v) is 8.37. The van der Waals surface area contributed by atoms with Crippen LogP contribution in [0.15, 0.2) is 28.8 Å². The monoisotopic (exact) mass is 391 g/mol. The summed E-state index contributed by atoms with van der Waals surface area (Å²) in [5.74, 6) is 2.11. The Kier molecular flexibility index (Phi) is 9.32. The fraction of sp³-hybridized carbons (Fsp3) is 0.773. The van der Waals surface area contributed by atoms with Crippen LogP contribution >= 0.6 is 0 Å². The Hall–Kier alpha value is -1.53. The Bertz CT molecular complexity index is 541. The van der Waals surface area contributed by atoms with Crippen LogP contribution in [0, 0.1) is 11.8 Å². The zero-order valence-electron chi connectivity index (χ0n) is 18.4. The molecule has 1 aliphatic heterocycles. The second kappa shape index (κ2) is 11.5. The van der Waals surface area contributed by atoms with E-state index in [9.17, 15) is 0 Å². The number of nitrogens with zero attached hydrogens (tertiary/aromatic N) is 2. The van der Waals surface area contributed by atoms with Crippen molar-refractivity contribution in [2.75, 3.05) is 33.3 Å². The van der Waals surface area contributed by atoms with Gasteiger partial charge in [-0.15, -0.1) is 0 Å². The lowest BCUT2D eigenvalue weighted by Gasteiger charge is -2.36. The Morgan fingerprint density at radius 3 is 2.57 bits per heavy atom. The third kappa shape index (κ3) is 6.24. The zero-order chi connectivity index (χ0) is 20.5. The largest absolute Gasteiger partial charge is 0.481 e. The first-order valence-corrected chi connectivity index (χ1v) is 10.9. The van der Waals surface area contributed by atoms with Crippen molar-refractivity contribution in [3.8, 4) is 0 Å². The van der Waals surface area contributed by atoms with Gasteiger partial charge in [0.1, 0.15) is 0 Å². The minimum absolute atomic E-state index is 0.469. The van der Waals surface area contributed by atoms with E-state index in [0.29, 0.717) is 18.0 Å². The normalized spacial score (nSPS) is 26.9. The number of methoxy groups -OCH3 is 1. The van der Waals surface area contributed by atoms with Crippen molar-refractivity contribution in [2.24, 2.45) is 16.9 Å². The smallest absolute Gasteiger partial charge is 0.214 e. The number of hydrogen-bond donors (Lipinski definition) is 3. The highest BCUT2D eigenvalue weighted by atomic mass is 16.5. The number of allylic oxidation sites excluding steroid dienone is 1. The van der Waals surface area contributed by atoms with Gasteiger partial charge >= 0.3 is 0 Å². The SMILES string of the molecule is C=NN(CCNC1CCNCC1)/C(OC)=C(\C)C(=C)NC1CCCC(C)C1C. The second-order valence-electron chi connectivity index (χ2n) is 8.37. The Balaban J connectivity index is 1.94. The summed E-state index contributed by atoms with van der Waals surface area (Å²) < 4.78 is 5.70. The third-order valence-electron chi connectivity index (χ3n) is 6.53. The highest BCUT2D eigenvalue weighted by molar-refractivity contribution is 5.29. The Morgan fingerprint density at radius 2 is 1.93 bits per heavy atom. The first-order chi connectivity index (χ1) is 13.5. The molecule has 2 fully saturated rings. The average molecular weight is 392 g/mol. The maximum absolute atomic E-state index is 5.70. The zero-order valence-corrected chi connectivity index (χ0v) is 18.4. The summed E-state index contributed by atoms with van der Waals surface area (Å²) in [5.41, 5.74) is 1.91. The molecule has 0 aromatic heterocycles. The van der Waals surface area contributed by atoms with Crippen LogP contribution in [0.5, 0.6) is 0 Å². The van der Waals surface area contributed by atoms with Crippen molar-refractivity contribution >= 4 is 6.72 Å². The lowest BCUT2D eigenvalue weighted by Crippen LogP contribution is -2.42. The summed E-state index contributed by atoms with van der Waals surface area (Å²) in [7, 11) is 1.69. The van der Waals surface area contributed by atoms with Gasteiger partial charge in [-0.1, -0.05) is 33.3 Å². The molecular formula is C22H41N5O. The maximum Gasteiger partial charge on any atom is 0.214 e. The van der Waals surface area contributed by atoms with Crippen molar-refractivity contribution < 1.29 is 4.74 Å². The molecule has 0 spiro atoms. The van der Waals surface area contributed by atoms with Crippen molar-refractivity contribution in [3.05, 3.63) is 23.7 Å². The predicted octanol–water partition coefficient (Wildman–Crippen LogP) is 3.05. The van der Waals surface area contributed by atoms with E-state index in [2.05, 4.69) is 48.2 Å². The van der Waals surface area contributed by atoms with Crippen LogP contribution in [-0.2, 0) is 4.74 Å². The van der Waals surface area contributed by atoms with Crippen molar-refractivity contribution in [3.63, 3.8) is 0 Å². The molecule has 3 unspecified atom stereocenters. The molecule has 6 heteroatoms. The third-order valence-corrected chi connectivity index (χ3v) is 6.53. The summed E-state index contributed by atoms with van der Waals surface area (Å²) in [6, 6.07) is 1.05. The van der Waals surface area contributed by atoms with E-state index >= 15 is 0 Å². The number of ether oxygens (including phenoxy) is 1. The van der Waals surface area contributed by atoms with E-state index in [1.54, 1.807) is 7.11 Å². The molecule has 2 rings (SSSR count). The quantitative estimate of drug-likeness (QED) is 0.231. The predicted molar refractivity (Wildman–Crippen MR) is 118 cm³/mol. The summed E-state index contributed by atoms with van der Waals surface area (Å²) in [6.45, 7) is 18.5. The number of piperidine rings is 1. The van der Waals surface area contributed by atoms with Crippen LogP contribution in [0.4, 0.5) is 0 Å². The van der Waals surface area contributed by atoms with Gasteiger partial charge in [-0.3, -0.25) is 0 Å². The number of nitrogens with one attached hydrogen (secondary N) is 3. The van der Waals surface area contributed by atoms with E-state index in [-0.39, 0.29) is 0 Å². The van der Waals surface area contributed by atoms with E-state index < -0.39 is 0 Å². The molecule has 0 radical (unpaired) electrons. The van der Waals surface area contributed by atoms with Gasteiger partial charge in [0.05, 0.1) is 13.7 Å². The van der Waals surface area contributed by atoms with E-state index in [0.717, 1.165) is 49.3 Å². The Morgan fingerprint density at radius 1 is 1.21 bits per heavy atom. The minimum atomic E-state index is 0.469. The molecule has 0 aromatic carbocycles. The fourth-order valence-corrected chi connectivity index (χ4v) is 4.34. The maximum atomic E-state index is 5.70. The van der Waals surface area contributed by atoms with Crippen molar-refractivity contribution in [1.82, 2.24) is 21.0 Å². The molecule has 1 aliphatic carbocycles. The van der Waals surface area contributed by atoms with Crippen LogP contribution in [-0.4, -0.2) is 57.1 Å². The van der Waals surface area contributed by atoms with Gasteiger partial charge in [0.15, 0.2) is 0 Å². The average Bonchev–Trinajstić information content (AvgIpc) is 2.71. The van der Waals surface area contributed by atoms with Crippen molar-refractivity contribution in [2.45, 2.75) is 65.0 Å². The molecule has 1 saturated carbocycles.